The standard InChI is InChI=1S/C29H56O4/c1-24(2)18-14-16-22-32-28(30)21-13-11-9-7-8-10-12-20-27(26(5)6)29(31)33-23-17-15-19-25(3)4/h24-27H,7-23H2,1-6H3. The summed E-state index contributed by atoms with van der Waals surface area (Å²) in [5.74, 6) is 1.78. The lowest BCUT2D eigenvalue weighted by atomic mass is 9.90. The molecular weight excluding hydrogens is 412 g/mol. The van der Waals surface area contributed by atoms with Crippen molar-refractivity contribution < 1.29 is 19.1 Å². The highest BCUT2D eigenvalue weighted by Gasteiger charge is 2.23. The average Bonchev–Trinajstić information content (AvgIpc) is 2.73. The Hall–Kier alpha value is -1.06. The van der Waals surface area contributed by atoms with Crippen LogP contribution in [-0.2, 0) is 19.1 Å². The van der Waals surface area contributed by atoms with Gasteiger partial charge in [-0.3, -0.25) is 9.59 Å². The molecule has 196 valence electrons. The zero-order valence-electron chi connectivity index (χ0n) is 23.0. The van der Waals surface area contributed by atoms with Crippen molar-refractivity contribution in [2.45, 2.75) is 138 Å². The average molecular weight is 469 g/mol. The van der Waals surface area contributed by atoms with E-state index >= 15 is 0 Å². The van der Waals surface area contributed by atoms with Crippen molar-refractivity contribution in [3.8, 4) is 0 Å². The number of carbonyl (C=O) groups is 2. The van der Waals surface area contributed by atoms with Gasteiger partial charge >= 0.3 is 11.9 Å². The molecule has 4 heteroatoms. The minimum atomic E-state index is -0.0360. The van der Waals surface area contributed by atoms with Gasteiger partial charge in [-0.1, -0.05) is 92.9 Å². The van der Waals surface area contributed by atoms with Gasteiger partial charge < -0.3 is 9.47 Å². The maximum absolute atomic E-state index is 12.4. The Morgan fingerprint density at radius 3 is 1.52 bits per heavy atom. The molecule has 0 aliphatic carbocycles. The van der Waals surface area contributed by atoms with Crippen LogP contribution in [0.1, 0.15) is 138 Å². The molecule has 0 radical (unpaired) electrons. The number of hydrogen-bond acceptors (Lipinski definition) is 4. The Labute approximate surface area is 206 Å². The number of esters is 2. The first-order chi connectivity index (χ1) is 15.7. The summed E-state index contributed by atoms with van der Waals surface area (Å²) in [6, 6.07) is 0. The summed E-state index contributed by atoms with van der Waals surface area (Å²) in [7, 11) is 0. The topological polar surface area (TPSA) is 52.6 Å². The van der Waals surface area contributed by atoms with E-state index in [0.29, 0.717) is 25.6 Å². The lowest BCUT2D eigenvalue weighted by Gasteiger charge is -2.19. The van der Waals surface area contributed by atoms with Crippen molar-refractivity contribution in [2.24, 2.45) is 23.7 Å². The fraction of sp³-hybridized carbons (Fsp3) is 0.931. The molecule has 0 aliphatic rings. The summed E-state index contributed by atoms with van der Waals surface area (Å²) in [5.41, 5.74) is 0. The highest BCUT2D eigenvalue weighted by molar-refractivity contribution is 5.72. The molecule has 1 unspecified atom stereocenters. The summed E-state index contributed by atoms with van der Waals surface area (Å²) >= 11 is 0. The molecule has 0 spiro atoms. The molecule has 1 atom stereocenters. The Morgan fingerprint density at radius 2 is 1.00 bits per heavy atom. The first-order valence-electron chi connectivity index (χ1n) is 14.1. The van der Waals surface area contributed by atoms with E-state index in [0.717, 1.165) is 63.2 Å². The maximum Gasteiger partial charge on any atom is 0.309 e. The van der Waals surface area contributed by atoms with Crippen LogP contribution in [-0.4, -0.2) is 25.2 Å². The van der Waals surface area contributed by atoms with Crippen LogP contribution in [0.3, 0.4) is 0 Å². The van der Waals surface area contributed by atoms with Gasteiger partial charge in [0.1, 0.15) is 0 Å². The van der Waals surface area contributed by atoms with Gasteiger partial charge in [0.15, 0.2) is 0 Å². The third-order valence-electron chi connectivity index (χ3n) is 6.36. The quantitative estimate of drug-likeness (QED) is 0.118. The fourth-order valence-corrected chi connectivity index (χ4v) is 4.09. The molecule has 0 fully saturated rings. The molecule has 0 saturated carbocycles. The summed E-state index contributed by atoms with van der Waals surface area (Å²) < 4.78 is 10.9. The zero-order chi connectivity index (χ0) is 24.9. The smallest absolute Gasteiger partial charge is 0.309 e. The number of carbonyl (C=O) groups excluding carboxylic acids is 2. The van der Waals surface area contributed by atoms with E-state index in [-0.39, 0.29) is 17.9 Å². The zero-order valence-corrected chi connectivity index (χ0v) is 23.0. The van der Waals surface area contributed by atoms with Crippen molar-refractivity contribution in [3.63, 3.8) is 0 Å². The normalized spacial score (nSPS) is 12.5. The van der Waals surface area contributed by atoms with E-state index in [4.69, 9.17) is 9.47 Å². The molecule has 0 amide bonds. The Morgan fingerprint density at radius 1 is 0.545 bits per heavy atom. The highest BCUT2D eigenvalue weighted by Crippen LogP contribution is 2.21. The molecule has 0 bridgehead atoms. The molecule has 0 aromatic heterocycles. The minimum Gasteiger partial charge on any atom is -0.466 e. The summed E-state index contributed by atoms with van der Waals surface area (Å²) in [5, 5.41) is 0. The SMILES string of the molecule is CC(C)CCCCOC(=O)CCCCCCCCCC(C(=O)OCCCCC(C)C)C(C)C. The third-order valence-corrected chi connectivity index (χ3v) is 6.36. The molecule has 0 aliphatic heterocycles. The number of rotatable bonds is 22. The van der Waals surface area contributed by atoms with Gasteiger partial charge in [-0.15, -0.1) is 0 Å². The van der Waals surface area contributed by atoms with Gasteiger partial charge in [-0.05, 0) is 56.3 Å². The van der Waals surface area contributed by atoms with Crippen molar-refractivity contribution in [3.05, 3.63) is 0 Å². The molecule has 0 heterocycles. The lowest BCUT2D eigenvalue weighted by molar-refractivity contribution is -0.150. The van der Waals surface area contributed by atoms with Gasteiger partial charge in [0.05, 0.1) is 19.1 Å². The highest BCUT2D eigenvalue weighted by atomic mass is 16.5. The maximum atomic E-state index is 12.4. The van der Waals surface area contributed by atoms with E-state index in [1.165, 1.54) is 38.5 Å². The molecule has 0 N–H and O–H groups in total. The van der Waals surface area contributed by atoms with Gasteiger partial charge in [-0.25, -0.2) is 0 Å². The minimum absolute atomic E-state index is 0.00125. The molecule has 0 rings (SSSR count). The first-order valence-corrected chi connectivity index (χ1v) is 14.1. The van der Waals surface area contributed by atoms with E-state index in [1.807, 2.05) is 0 Å². The molecule has 0 aromatic carbocycles. The molecule has 0 aromatic rings. The number of hydrogen-bond donors (Lipinski definition) is 0. The Bertz CT molecular complexity index is 470. The van der Waals surface area contributed by atoms with Gasteiger partial charge in [0, 0.05) is 6.42 Å². The number of ether oxygens (including phenoxy) is 2. The molecule has 33 heavy (non-hydrogen) atoms. The van der Waals surface area contributed by atoms with Crippen LogP contribution >= 0.6 is 0 Å². The van der Waals surface area contributed by atoms with Crippen LogP contribution in [0, 0.1) is 23.7 Å². The molecular formula is C29H56O4. The van der Waals surface area contributed by atoms with Crippen molar-refractivity contribution in [1.29, 1.82) is 0 Å². The van der Waals surface area contributed by atoms with E-state index in [9.17, 15) is 9.59 Å². The summed E-state index contributed by atoms with van der Waals surface area (Å²) in [4.78, 5) is 24.2. The van der Waals surface area contributed by atoms with E-state index in [2.05, 4.69) is 41.5 Å². The Kier molecular flexibility index (Phi) is 20.8. The fourth-order valence-electron chi connectivity index (χ4n) is 4.09. The summed E-state index contributed by atoms with van der Waals surface area (Å²) in [6.45, 7) is 14.3. The van der Waals surface area contributed by atoms with Crippen molar-refractivity contribution in [1.82, 2.24) is 0 Å². The lowest BCUT2D eigenvalue weighted by Crippen LogP contribution is -2.23. The largest absolute Gasteiger partial charge is 0.466 e. The molecule has 0 saturated heterocycles. The monoisotopic (exact) mass is 468 g/mol. The van der Waals surface area contributed by atoms with Crippen LogP contribution < -0.4 is 0 Å². The second-order valence-electron chi connectivity index (χ2n) is 11.0. The van der Waals surface area contributed by atoms with E-state index in [1.54, 1.807) is 0 Å². The first kappa shape index (κ1) is 31.9. The van der Waals surface area contributed by atoms with Crippen LogP contribution in [0.2, 0.25) is 0 Å². The van der Waals surface area contributed by atoms with Crippen LogP contribution in [0.4, 0.5) is 0 Å². The number of unbranched alkanes of at least 4 members (excludes halogenated alkanes) is 8. The van der Waals surface area contributed by atoms with Crippen LogP contribution in [0.5, 0.6) is 0 Å². The predicted octanol–water partition coefficient (Wildman–Crippen LogP) is 8.51. The van der Waals surface area contributed by atoms with Crippen LogP contribution in [0.15, 0.2) is 0 Å². The second kappa shape index (κ2) is 21.5. The molecule has 4 nitrogen and oxygen atoms in total. The predicted molar refractivity (Wildman–Crippen MR) is 139 cm³/mol. The Balaban J connectivity index is 3.66. The van der Waals surface area contributed by atoms with Crippen molar-refractivity contribution in [2.75, 3.05) is 13.2 Å². The summed E-state index contributed by atoms with van der Waals surface area (Å²) in [6.07, 6.45) is 16.0. The van der Waals surface area contributed by atoms with Gasteiger partial charge in [0.2, 0.25) is 0 Å². The third kappa shape index (κ3) is 21.2. The van der Waals surface area contributed by atoms with Gasteiger partial charge in [0.25, 0.3) is 0 Å². The van der Waals surface area contributed by atoms with Gasteiger partial charge in [-0.2, -0.15) is 0 Å². The van der Waals surface area contributed by atoms with Crippen molar-refractivity contribution >= 4 is 11.9 Å². The van der Waals surface area contributed by atoms with Crippen LogP contribution in [0.25, 0.3) is 0 Å². The van der Waals surface area contributed by atoms with E-state index < -0.39 is 0 Å². The second-order valence-corrected chi connectivity index (χ2v) is 11.0.